The van der Waals surface area contributed by atoms with Crippen molar-refractivity contribution in [3.8, 4) is 11.5 Å². The van der Waals surface area contributed by atoms with Crippen LogP contribution < -0.4 is 5.32 Å². The highest BCUT2D eigenvalue weighted by atomic mass is 16.5. The van der Waals surface area contributed by atoms with Gasteiger partial charge in [0.2, 0.25) is 11.7 Å². The summed E-state index contributed by atoms with van der Waals surface area (Å²) in [6.45, 7) is 2.24. The van der Waals surface area contributed by atoms with Gasteiger partial charge in [0, 0.05) is 12.6 Å². The van der Waals surface area contributed by atoms with E-state index < -0.39 is 0 Å². The van der Waals surface area contributed by atoms with Crippen molar-refractivity contribution in [2.45, 2.75) is 19.3 Å². The maximum Gasteiger partial charge on any atom is 0.227 e. The summed E-state index contributed by atoms with van der Waals surface area (Å²) in [6, 6.07) is 5.68. The number of hydrogen-bond donors (Lipinski definition) is 1. The highest BCUT2D eigenvalue weighted by Gasteiger charge is 2.16. The topological polar surface area (TPSA) is 63.8 Å². The van der Waals surface area contributed by atoms with Gasteiger partial charge in [0.05, 0.1) is 0 Å². The van der Waals surface area contributed by atoms with Crippen LogP contribution >= 0.6 is 0 Å². The fourth-order valence-electron chi connectivity index (χ4n) is 2.24. The summed E-state index contributed by atoms with van der Waals surface area (Å²) < 4.78 is 5.26. The Balaban J connectivity index is 1.63. The van der Waals surface area contributed by atoms with Crippen molar-refractivity contribution in [1.82, 2.24) is 20.4 Å². The number of hydrogen-bond acceptors (Lipinski definition) is 5. The van der Waals surface area contributed by atoms with Gasteiger partial charge in [-0.05, 0) is 44.0 Å². The Morgan fingerprint density at radius 3 is 3.17 bits per heavy atom. The summed E-state index contributed by atoms with van der Waals surface area (Å²) in [7, 11) is 0. The second kappa shape index (κ2) is 5.27. The molecular formula is C13H16N4O. The van der Waals surface area contributed by atoms with Crippen molar-refractivity contribution in [2.24, 2.45) is 5.92 Å². The number of nitrogens with zero attached hydrogens (tertiary/aromatic N) is 3. The van der Waals surface area contributed by atoms with Crippen molar-refractivity contribution in [2.75, 3.05) is 13.1 Å². The van der Waals surface area contributed by atoms with E-state index in [-0.39, 0.29) is 0 Å². The molecule has 18 heavy (non-hydrogen) atoms. The molecule has 0 aromatic carbocycles. The third-order valence-corrected chi connectivity index (χ3v) is 3.29. The van der Waals surface area contributed by atoms with Crippen LogP contribution in [0.2, 0.25) is 0 Å². The summed E-state index contributed by atoms with van der Waals surface area (Å²) >= 11 is 0. The average molecular weight is 244 g/mol. The highest BCUT2D eigenvalue weighted by molar-refractivity contribution is 5.46. The molecule has 3 rings (SSSR count). The molecule has 1 unspecified atom stereocenters. The Morgan fingerprint density at radius 2 is 2.39 bits per heavy atom. The normalized spacial score (nSPS) is 19.2. The van der Waals surface area contributed by atoms with Gasteiger partial charge in [-0.15, -0.1) is 0 Å². The van der Waals surface area contributed by atoms with Crippen LogP contribution in [0.1, 0.15) is 18.7 Å². The van der Waals surface area contributed by atoms with Gasteiger partial charge in [-0.25, -0.2) is 0 Å². The first-order chi connectivity index (χ1) is 8.92. The van der Waals surface area contributed by atoms with Gasteiger partial charge in [-0.2, -0.15) is 4.98 Å². The van der Waals surface area contributed by atoms with Gasteiger partial charge in [-0.3, -0.25) is 4.98 Å². The molecule has 3 heterocycles. The summed E-state index contributed by atoms with van der Waals surface area (Å²) in [5, 5.41) is 7.33. The Labute approximate surface area is 106 Å². The van der Waals surface area contributed by atoms with Gasteiger partial charge < -0.3 is 9.84 Å². The van der Waals surface area contributed by atoms with Gasteiger partial charge >= 0.3 is 0 Å². The van der Waals surface area contributed by atoms with Gasteiger partial charge in [0.25, 0.3) is 0 Å². The maximum atomic E-state index is 5.26. The number of aryl methyl sites for hydroxylation is 1. The Hall–Kier alpha value is -1.75. The predicted octanol–water partition coefficient (Wildman–Crippen LogP) is 1.67. The molecule has 1 atom stereocenters. The van der Waals surface area contributed by atoms with Crippen molar-refractivity contribution < 1.29 is 4.52 Å². The Kier molecular flexibility index (Phi) is 3.32. The summed E-state index contributed by atoms with van der Waals surface area (Å²) in [5.74, 6) is 2.04. The first-order valence-electron chi connectivity index (χ1n) is 6.36. The molecule has 1 aliphatic heterocycles. The van der Waals surface area contributed by atoms with E-state index in [0.29, 0.717) is 11.7 Å². The lowest BCUT2D eigenvalue weighted by Crippen LogP contribution is -2.09. The van der Waals surface area contributed by atoms with Crippen LogP contribution in [0.3, 0.4) is 0 Å². The summed E-state index contributed by atoms with van der Waals surface area (Å²) in [6.07, 6.45) is 4.94. The molecule has 94 valence electrons. The van der Waals surface area contributed by atoms with E-state index in [0.717, 1.165) is 37.5 Å². The number of pyridine rings is 1. The second-order valence-corrected chi connectivity index (χ2v) is 4.62. The molecule has 0 aliphatic carbocycles. The van der Waals surface area contributed by atoms with Crippen molar-refractivity contribution >= 4 is 0 Å². The fourth-order valence-corrected chi connectivity index (χ4v) is 2.24. The predicted molar refractivity (Wildman–Crippen MR) is 66.8 cm³/mol. The molecule has 1 aliphatic rings. The van der Waals surface area contributed by atoms with Crippen LogP contribution in [0, 0.1) is 5.92 Å². The molecule has 0 radical (unpaired) electrons. The first-order valence-corrected chi connectivity index (χ1v) is 6.36. The summed E-state index contributed by atoms with van der Waals surface area (Å²) in [4.78, 5) is 8.59. The maximum absolute atomic E-state index is 5.26. The molecule has 1 fully saturated rings. The molecule has 0 spiro atoms. The lowest BCUT2D eigenvalue weighted by molar-refractivity contribution is 0.365. The minimum atomic E-state index is 0.579. The lowest BCUT2D eigenvalue weighted by atomic mass is 10.0. The molecule has 0 saturated carbocycles. The zero-order chi connectivity index (χ0) is 12.2. The molecule has 5 heteroatoms. The molecule has 1 N–H and O–H groups in total. The van der Waals surface area contributed by atoms with Crippen LogP contribution in [0.5, 0.6) is 0 Å². The SMILES string of the molecule is c1ccc(-c2noc(CCC3CCNC3)n2)nc1. The minimum Gasteiger partial charge on any atom is -0.339 e. The summed E-state index contributed by atoms with van der Waals surface area (Å²) in [5.41, 5.74) is 0.759. The monoisotopic (exact) mass is 244 g/mol. The third kappa shape index (κ3) is 2.56. The van der Waals surface area contributed by atoms with E-state index in [4.69, 9.17) is 4.52 Å². The smallest absolute Gasteiger partial charge is 0.227 e. The van der Waals surface area contributed by atoms with Crippen LogP contribution in [-0.2, 0) is 6.42 Å². The quantitative estimate of drug-likeness (QED) is 0.886. The minimum absolute atomic E-state index is 0.579. The van der Waals surface area contributed by atoms with E-state index in [9.17, 15) is 0 Å². The highest BCUT2D eigenvalue weighted by Crippen LogP contribution is 2.17. The fraction of sp³-hybridized carbons (Fsp3) is 0.462. The van der Waals surface area contributed by atoms with E-state index >= 15 is 0 Å². The van der Waals surface area contributed by atoms with Crippen molar-refractivity contribution in [3.05, 3.63) is 30.3 Å². The lowest BCUT2D eigenvalue weighted by Gasteiger charge is -2.03. The van der Waals surface area contributed by atoms with Crippen LogP contribution in [0.4, 0.5) is 0 Å². The number of rotatable bonds is 4. The molecule has 0 amide bonds. The zero-order valence-electron chi connectivity index (χ0n) is 10.2. The Morgan fingerprint density at radius 1 is 1.39 bits per heavy atom. The molecular weight excluding hydrogens is 228 g/mol. The number of aromatic nitrogens is 3. The zero-order valence-corrected chi connectivity index (χ0v) is 10.2. The van der Waals surface area contributed by atoms with Gasteiger partial charge in [0.15, 0.2) is 0 Å². The van der Waals surface area contributed by atoms with E-state index in [2.05, 4.69) is 20.4 Å². The largest absolute Gasteiger partial charge is 0.339 e. The van der Waals surface area contributed by atoms with Crippen LogP contribution in [0.15, 0.2) is 28.9 Å². The van der Waals surface area contributed by atoms with Gasteiger partial charge in [-0.1, -0.05) is 11.2 Å². The van der Waals surface area contributed by atoms with Crippen molar-refractivity contribution in [1.29, 1.82) is 0 Å². The van der Waals surface area contributed by atoms with E-state index in [1.54, 1.807) is 6.20 Å². The molecule has 1 saturated heterocycles. The first kappa shape index (κ1) is 11.3. The molecule has 2 aromatic heterocycles. The molecule has 5 nitrogen and oxygen atoms in total. The van der Waals surface area contributed by atoms with E-state index in [1.807, 2.05) is 18.2 Å². The second-order valence-electron chi connectivity index (χ2n) is 4.62. The standard InChI is InChI=1S/C13H16N4O/c1-2-7-15-11(3-1)13-16-12(18-17-13)5-4-10-6-8-14-9-10/h1-3,7,10,14H,4-6,8-9H2. The average Bonchev–Trinajstić information content (AvgIpc) is 3.09. The number of nitrogens with one attached hydrogen (secondary N) is 1. The van der Waals surface area contributed by atoms with Gasteiger partial charge in [0.1, 0.15) is 5.69 Å². The van der Waals surface area contributed by atoms with Crippen molar-refractivity contribution in [3.63, 3.8) is 0 Å². The third-order valence-electron chi connectivity index (χ3n) is 3.29. The van der Waals surface area contributed by atoms with Crippen LogP contribution in [0.25, 0.3) is 11.5 Å². The molecule has 0 bridgehead atoms. The van der Waals surface area contributed by atoms with E-state index in [1.165, 1.54) is 6.42 Å². The Bertz CT molecular complexity index is 491. The van der Waals surface area contributed by atoms with Crippen LogP contribution in [-0.4, -0.2) is 28.2 Å². The molecule has 2 aromatic rings.